The molecule has 0 aromatic heterocycles. The molecule has 198 valence electrons. The molecule has 0 saturated heterocycles. The Bertz CT molecular complexity index is 1170. The number of hydrogen-bond acceptors (Lipinski definition) is 9. The molecule has 0 aliphatic carbocycles. The monoisotopic (exact) mass is 638 g/mol. The number of carbonyl (C=O) groups excluding carboxylic acids is 3. The number of hydrogen-bond donors (Lipinski definition) is 5. The highest BCUT2D eigenvalue weighted by Gasteiger charge is 2.22. The third-order valence-corrected chi connectivity index (χ3v) is 6.32. The second kappa shape index (κ2) is 13.5. The van der Waals surface area contributed by atoms with E-state index in [9.17, 15) is 24.6 Å². The first-order valence-corrected chi connectivity index (χ1v) is 13.2. The van der Waals surface area contributed by atoms with Crippen LogP contribution in [0.5, 0.6) is 5.75 Å². The van der Waals surface area contributed by atoms with E-state index in [1.54, 1.807) is 6.92 Å². The Labute approximate surface area is 231 Å². The molecule has 1 aliphatic heterocycles. The molecule has 0 saturated carbocycles. The van der Waals surface area contributed by atoms with Gasteiger partial charge in [0, 0.05) is 45.1 Å². The van der Waals surface area contributed by atoms with Gasteiger partial charge in [-0.2, -0.15) is 0 Å². The molecule has 0 fully saturated rings. The number of aromatic hydroxyl groups is 1. The van der Waals surface area contributed by atoms with Crippen LogP contribution in [0.1, 0.15) is 41.6 Å². The summed E-state index contributed by atoms with van der Waals surface area (Å²) in [6.45, 7) is 2.27. The minimum atomic E-state index is -0.574. The Hall–Kier alpha value is -2.96. The number of phenolic OH excluding ortho intramolecular Hbond substituents is 1. The summed E-state index contributed by atoms with van der Waals surface area (Å²) in [5, 5.41) is 28.0. The number of aliphatic hydroxyl groups is 1. The van der Waals surface area contributed by atoms with E-state index in [4.69, 9.17) is 4.74 Å². The first kappa shape index (κ1) is 28.6. The molecule has 5 N–H and O–H groups in total. The number of nitrogens with zero attached hydrogens (tertiary/aromatic N) is 1. The van der Waals surface area contributed by atoms with Crippen molar-refractivity contribution in [1.82, 2.24) is 10.6 Å². The van der Waals surface area contributed by atoms with Crippen molar-refractivity contribution in [2.24, 2.45) is 4.99 Å². The largest absolute Gasteiger partial charge is 0.508 e. The minimum absolute atomic E-state index is 0.0200. The Morgan fingerprint density at radius 1 is 1.14 bits per heavy atom. The number of Topliss-reactive ketones (excluding diaryl/α,β-unsaturated/α-hetero) is 1. The number of rotatable bonds is 10. The molecule has 10 nitrogen and oxygen atoms in total. The van der Waals surface area contributed by atoms with Crippen LogP contribution in [0, 0.1) is 0 Å². The van der Waals surface area contributed by atoms with Gasteiger partial charge in [0.25, 0.3) is 5.91 Å². The third-order valence-electron chi connectivity index (χ3n) is 5.40. The average Bonchev–Trinajstić information content (AvgIpc) is 2.83. The standard InChI is InChI=1S/C25H28Br2N4O6/c1-2-37-23(35)8-15(14-3-17(26)9-18(27)4-14)6-21(33)11-28-24(36)16-5-19(10-20(32)7-16)31-25-29-12-22(34)13-30-25/h3-5,7,9-10,15,22,32,34H,2,6,8,11-13H2,1H3,(H,28,36)(H2,29,30,31)/t15-/m0/s1. The van der Waals surface area contributed by atoms with E-state index in [1.165, 1.54) is 18.2 Å². The number of ether oxygens (including phenoxy) is 1. The summed E-state index contributed by atoms with van der Waals surface area (Å²) >= 11 is 6.86. The quantitative estimate of drug-likeness (QED) is 0.249. The summed E-state index contributed by atoms with van der Waals surface area (Å²) < 4.78 is 6.67. The molecule has 1 unspecified atom stereocenters. The van der Waals surface area contributed by atoms with Crippen molar-refractivity contribution in [3.63, 3.8) is 0 Å². The normalized spacial score (nSPS) is 15.7. The van der Waals surface area contributed by atoms with Crippen LogP contribution in [0.4, 0.5) is 5.69 Å². The van der Waals surface area contributed by atoms with Gasteiger partial charge in [-0.05, 0) is 42.8 Å². The predicted molar refractivity (Wildman–Crippen MR) is 146 cm³/mol. The highest BCUT2D eigenvalue weighted by Crippen LogP contribution is 2.30. The van der Waals surface area contributed by atoms with Gasteiger partial charge in [0.05, 0.1) is 32.2 Å². The number of benzene rings is 2. The van der Waals surface area contributed by atoms with Gasteiger partial charge in [0.2, 0.25) is 0 Å². The maximum Gasteiger partial charge on any atom is 0.306 e. The number of β-amino-alcohol motifs (C(OH)–C–C–N with tert-alkyl or cyclic N) is 1. The number of ketones is 1. The lowest BCUT2D eigenvalue weighted by Gasteiger charge is -2.20. The molecule has 0 bridgehead atoms. The molecule has 12 heteroatoms. The maximum absolute atomic E-state index is 12.8. The van der Waals surface area contributed by atoms with E-state index in [1.807, 2.05) is 18.2 Å². The molecule has 1 heterocycles. The SMILES string of the molecule is CCOC(=O)C[C@H](CC(=O)CNC(=O)c1cc(O)cc(NC2=NCC(O)CN2)c1)c1cc(Br)cc(Br)c1. The molecule has 1 amide bonds. The van der Waals surface area contributed by atoms with Crippen LogP contribution in [0.15, 0.2) is 50.3 Å². The number of amides is 1. The van der Waals surface area contributed by atoms with Crippen molar-refractivity contribution in [3.05, 3.63) is 56.5 Å². The summed E-state index contributed by atoms with van der Waals surface area (Å²) in [4.78, 5) is 41.8. The van der Waals surface area contributed by atoms with Crippen molar-refractivity contribution >= 4 is 61.2 Å². The topological polar surface area (TPSA) is 149 Å². The fraction of sp³-hybridized carbons (Fsp3) is 0.360. The van der Waals surface area contributed by atoms with Crippen molar-refractivity contribution in [2.75, 3.05) is 31.6 Å². The molecular formula is C25H28Br2N4O6. The van der Waals surface area contributed by atoms with E-state index in [-0.39, 0.29) is 49.6 Å². The van der Waals surface area contributed by atoms with Crippen LogP contribution in [0.25, 0.3) is 0 Å². The molecular weight excluding hydrogens is 612 g/mol. The van der Waals surface area contributed by atoms with Gasteiger partial charge in [-0.1, -0.05) is 31.9 Å². The van der Waals surface area contributed by atoms with E-state index in [0.717, 1.165) is 14.5 Å². The summed E-state index contributed by atoms with van der Waals surface area (Å²) in [5.41, 5.74) is 1.34. The van der Waals surface area contributed by atoms with Crippen LogP contribution >= 0.6 is 31.9 Å². The second-order valence-electron chi connectivity index (χ2n) is 8.45. The highest BCUT2D eigenvalue weighted by molar-refractivity contribution is 9.11. The van der Waals surface area contributed by atoms with Crippen LogP contribution in [-0.2, 0) is 14.3 Å². The Morgan fingerprint density at radius 3 is 2.51 bits per heavy atom. The maximum atomic E-state index is 12.8. The number of halogens is 2. The highest BCUT2D eigenvalue weighted by atomic mass is 79.9. The summed E-state index contributed by atoms with van der Waals surface area (Å²) in [6, 6.07) is 9.76. The van der Waals surface area contributed by atoms with E-state index < -0.39 is 23.9 Å². The summed E-state index contributed by atoms with van der Waals surface area (Å²) in [5.74, 6) is -1.40. The lowest BCUT2D eigenvalue weighted by molar-refractivity contribution is -0.143. The number of esters is 1. The minimum Gasteiger partial charge on any atom is -0.508 e. The molecule has 2 aromatic carbocycles. The molecule has 37 heavy (non-hydrogen) atoms. The van der Waals surface area contributed by atoms with Crippen LogP contribution in [0.2, 0.25) is 0 Å². The number of carbonyl (C=O) groups is 3. The first-order chi connectivity index (χ1) is 17.6. The molecule has 3 rings (SSSR count). The lowest BCUT2D eigenvalue weighted by Crippen LogP contribution is -2.42. The first-order valence-electron chi connectivity index (χ1n) is 11.6. The number of phenols is 1. The van der Waals surface area contributed by atoms with Crippen LogP contribution in [-0.4, -0.2) is 66.2 Å². The number of anilines is 1. The van der Waals surface area contributed by atoms with Gasteiger partial charge < -0.3 is 30.9 Å². The van der Waals surface area contributed by atoms with Gasteiger partial charge >= 0.3 is 5.97 Å². The molecule has 2 aromatic rings. The van der Waals surface area contributed by atoms with Crippen molar-refractivity contribution in [2.45, 2.75) is 31.8 Å². The number of aliphatic imine (C=N–C) groups is 1. The zero-order valence-electron chi connectivity index (χ0n) is 20.1. The fourth-order valence-corrected chi connectivity index (χ4v) is 5.06. The summed E-state index contributed by atoms with van der Waals surface area (Å²) in [7, 11) is 0. The Balaban J connectivity index is 1.64. The van der Waals surface area contributed by atoms with Crippen molar-refractivity contribution in [3.8, 4) is 5.75 Å². The molecule has 0 radical (unpaired) electrons. The second-order valence-corrected chi connectivity index (χ2v) is 10.3. The number of aliphatic hydroxyl groups excluding tert-OH is 1. The smallest absolute Gasteiger partial charge is 0.306 e. The van der Waals surface area contributed by atoms with Crippen molar-refractivity contribution < 1.29 is 29.3 Å². The van der Waals surface area contributed by atoms with Crippen LogP contribution < -0.4 is 16.0 Å². The average molecular weight is 640 g/mol. The third kappa shape index (κ3) is 9.13. The molecule has 2 atom stereocenters. The number of guanidine groups is 1. The van der Waals surface area contributed by atoms with Gasteiger partial charge in [-0.25, -0.2) is 0 Å². The van der Waals surface area contributed by atoms with E-state index in [2.05, 4.69) is 52.8 Å². The predicted octanol–water partition coefficient (Wildman–Crippen LogP) is 3.08. The van der Waals surface area contributed by atoms with E-state index in [0.29, 0.717) is 18.2 Å². The van der Waals surface area contributed by atoms with Gasteiger partial charge in [0.1, 0.15) is 5.75 Å². The summed E-state index contributed by atoms with van der Waals surface area (Å²) in [6.07, 6.45) is -0.533. The lowest BCUT2D eigenvalue weighted by atomic mass is 9.90. The van der Waals surface area contributed by atoms with Crippen LogP contribution in [0.3, 0.4) is 0 Å². The van der Waals surface area contributed by atoms with Crippen molar-refractivity contribution in [1.29, 1.82) is 0 Å². The Morgan fingerprint density at radius 2 is 1.86 bits per heavy atom. The molecule has 0 spiro atoms. The Kier molecular flexibility index (Phi) is 10.5. The fourth-order valence-electron chi connectivity index (χ4n) is 3.73. The van der Waals surface area contributed by atoms with Gasteiger partial charge in [0.15, 0.2) is 11.7 Å². The molecule has 1 aliphatic rings. The number of nitrogens with one attached hydrogen (secondary N) is 3. The van der Waals surface area contributed by atoms with Gasteiger partial charge in [-0.3, -0.25) is 19.4 Å². The van der Waals surface area contributed by atoms with Gasteiger partial charge in [-0.15, -0.1) is 0 Å². The zero-order valence-corrected chi connectivity index (χ0v) is 23.3. The van der Waals surface area contributed by atoms with E-state index >= 15 is 0 Å². The zero-order chi connectivity index (χ0) is 26.9.